The van der Waals surface area contributed by atoms with E-state index in [2.05, 4.69) is 75.3 Å². The molecule has 0 unspecified atom stereocenters. The van der Waals surface area contributed by atoms with Crippen molar-refractivity contribution in [3.05, 3.63) is 64.1 Å². The molecule has 4 rings (SSSR count). The maximum absolute atomic E-state index is 5.01. The van der Waals surface area contributed by atoms with Gasteiger partial charge in [-0.1, -0.05) is 53.2 Å². The zero-order valence-electron chi connectivity index (χ0n) is 14.4. The van der Waals surface area contributed by atoms with Crippen molar-refractivity contribution < 1.29 is 0 Å². The molecule has 1 aliphatic rings. The van der Waals surface area contributed by atoms with E-state index in [4.69, 9.17) is 5.10 Å². The van der Waals surface area contributed by atoms with Crippen molar-refractivity contribution in [2.24, 2.45) is 0 Å². The van der Waals surface area contributed by atoms with Gasteiger partial charge in [-0.3, -0.25) is 0 Å². The molecule has 0 radical (unpaired) electrons. The van der Waals surface area contributed by atoms with Gasteiger partial charge in [-0.15, -0.1) is 0 Å². The number of aromatic nitrogens is 2. The van der Waals surface area contributed by atoms with Gasteiger partial charge in [0.2, 0.25) is 0 Å². The van der Waals surface area contributed by atoms with Crippen molar-refractivity contribution >= 4 is 21.7 Å². The fraction of sp³-hybridized carbons (Fsp3) is 0.286. The number of aryl methyl sites for hydroxylation is 1. The molecule has 0 fully saturated rings. The normalized spacial score (nSPS) is 13.8. The van der Waals surface area contributed by atoms with Gasteiger partial charge < -0.3 is 5.32 Å². The van der Waals surface area contributed by atoms with Crippen LogP contribution in [0, 0.1) is 0 Å². The van der Waals surface area contributed by atoms with E-state index in [1.807, 2.05) is 6.07 Å². The van der Waals surface area contributed by atoms with Crippen molar-refractivity contribution in [3.63, 3.8) is 0 Å². The largest absolute Gasteiger partial charge is 0.370 e. The van der Waals surface area contributed by atoms with Gasteiger partial charge in [0.1, 0.15) is 5.82 Å². The fourth-order valence-corrected chi connectivity index (χ4v) is 3.90. The Hall–Kier alpha value is -2.07. The van der Waals surface area contributed by atoms with E-state index in [0.717, 1.165) is 46.6 Å². The van der Waals surface area contributed by atoms with Crippen molar-refractivity contribution in [1.29, 1.82) is 0 Å². The minimum absolute atomic E-state index is 1.00. The molecule has 0 atom stereocenters. The Morgan fingerprint density at radius 2 is 1.88 bits per heavy atom. The number of halogens is 1. The summed E-state index contributed by atoms with van der Waals surface area (Å²) < 4.78 is 3.17. The molecular weight excluding hydrogens is 374 g/mol. The lowest BCUT2D eigenvalue weighted by Gasteiger charge is -2.09. The summed E-state index contributed by atoms with van der Waals surface area (Å²) in [6.07, 6.45) is 4.50. The molecule has 0 spiro atoms. The van der Waals surface area contributed by atoms with E-state index in [1.165, 1.54) is 24.0 Å². The van der Waals surface area contributed by atoms with Crippen molar-refractivity contribution in [3.8, 4) is 16.9 Å². The van der Waals surface area contributed by atoms with Gasteiger partial charge in [0.25, 0.3) is 0 Å². The summed E-state index contributed by atoms with van der Waals surface area (Å²) >= 11 is 3.70. The topological polar surface area (TPSA) is 29.9 Å². The molecule has 3 nitrogen and oxygen atoms in total. The first-order chi connectivity index (χ1) is 12.3. The van der Waals surface area contributed by atoms with Gasteiger partial charge in [-0.25, -0.2) is 4.68 Å². The highest BCUT2D eigenvalue weighted by atomic mass is 79.9. The highest BCUT2D eigenvalue weighted by molar-refractivity contribution is 9.10. The number of anilines is 1. The third-order valence-corrected chi connectivity index (χ3v) is 5.54. The van der Waals surface area contributed by atoms with Crippen LogP contribution in [-0.2, 0) is 12.8 Å². The SMILES string of the molecule is CCc1ccc(-n2nc(-c3ccccc3Br)c3c2NCCCC3)cc1. The Bertz CT molecular complexity index is 881. The Morgan fingerprint density at radius 3 is 2.64 bits per heavy atom. The first-order valence-electron chi connectivity index (χ1n) is 8.98. The predicted octanol–water partition coefficient (Wildman–Crippen LogP) is 5.61. The molecule has 25 heavy (non-hydrogen) atoms. The molecule has 2 aromatic carbocycles. The zero-order chi connectivity index (χ0) is 17.2. The fourth-order valence-electron chi connectivity index (χ4n) is 3.43. The van der Waals surface area contributed by atoms with E-state index < -0.39 is 0 Å². The molecular formula is C21H22BrN3. The summed E-state index contributed by atoms with van der Waals surface area (Å²) in [5.74, 6) is 1.15. The van der Waals surface area contributed by atoms with E-state index in [9.17, 15) is 0 Å². The van der Waals surface area contributed by atoms with Crippen molar-refractivity contribution in [2.75, 3.05) is 11.9 Å². The number of fused-ring (bicyclic) bond motifs is 1. The van der Waals surface area contributed by atoms with Crippen LogP contribution in [0.5, 0.6) is 0 Å². The van der Waals surface area contributed by atoms with E-state index >= 15 is 0 Å². The van der Waals surface area contributed by atoms with Gasteiger partial charge in [0.15, 0.2) is 0 Å². The Labute approximate surface area is 157 Å². The highest BCUT2D eigenvalue weighted by Gasteiger charge is 2.22. The average Bonchev–Trinajstić information content (AvgIpc) is 2.83. The zero-order valence-corrected chi connectivity index (χ0v) is 16.0. The van der Waals surface area contributed by atoms with Gasteiger partial charge >= 0.3 is 0 Å². The first-order valence-corrected chi connectivity index (χ1v) is 9.77. The van der Waals surface area contributed by atoms with Crippen LogP contribution in [-0.4, -0.2) is 16.3 Å². The molecule has 0 saturated carbocycles. The number of nitrogens with zero attached hydrogens (tertiary/aromatic N) is 2. The van der Waals surface area contributed by atoms with Crippen LogP contribution >= 0.6 is 15.9 Å². The summed E-state index contributed by atoms with van der Waals surface area (Å²) in [7, 11) is 0. The number of benzene rings is 2. The van der Waals surface area contributed by atoms with E-state index in [-0.39, 0.29) is 0 Å². The maximum atomic E-state index is 5.01. The summed E-state index contributed by atoms with van der Waals surface area (Å²) in [6, 6.07) is 17.1. The molecule has 1 N–H and O–H groups in total. The molecule has 0 bridgehead atoms. The van der Waals surface area contributed by atoms with Gasteiger partial charge in [-0.05, 0) is 49.4 Å². The second kappa shape index (κ2) is 7.04. The van der Waals surface area contributed by atoms with Crippen LogP contribution in [0.25, 0.3) is 16.9 Å². The second-order valence-corrected chi connectivity index (χ2v) is 7.33. The van der Waals surface area contributed by atoms with Crippen molar-refractivity contribution in [2.45, 2.75) is 32.6 Å². The Balaban J connectivity index is 1.88. The lowest BCUT2D eigenvalue weighted by Crippen LogP contribution is -2.07. The minimum atomic E-state index is 1.00. The lowest BCUT2D eigenvalue weighted by atomic mass is 10.0. The van der Waals surface area contributed by atoms with Gasteiger partial charge in [0.05, 0.1) is 11.4 Å². The minimum Gasteiger partial charge on any atom is -0.370 e. The molecule has 4 heteroatoms. The Kier molecular flexibility index (Phi) is 4.62. The molecule has 0 aliphatic carbocycles. The summed E-state index contributed by atoms with van der Waals surface area (Å²) in [5, 5.41) is 8.63. The summed E-state index contributed by atoms with van der Waals surface area (Å²) in [4.78, 5) is 0. The monoisotopic (exact) mass is 395 g/mol. The van der Waals surface area contributed by atoms with Crippen LogP contribution in [0.15, 0.2) is 53.0 Å². The summed E-state index contributed by atoms with van der Waals surface area (Å²) in [6.45, 7) is 3.18. The molecule has 1 aromatic heterocycles. The third-order valence-electron chi connectivity index (χ3n) is 4.85. The predicted molar refractivity (Wildman–Crippen MR) is 108 cm³/mol. The molecule has 128 valence electrons. The first kappa shape index (κ1) is 16.4. The summed E-state index contributed by atoms with van der Waals surface area (Å²) in [5.41, 5.74) is 6.02. The lowest BCUT2D eigenvalue weighted by molar-refractivity contribution is 0.780. The van der Waals surface area contributed by atoms with Crippen molar-refractivity contribution in [1.82, 2.24) is 9.78 Å². The second-order valence-electron chi connectivity index (χ2n) is 6.47. The molecule has 1 aliphatic heterocycles. The quantitative estimate of drug-likeness (QED) is 0.624. The van der Waals surface area contributed by atoms with Gasteiger partial charge in [-0.2, -0.15) is 5.10 Å². The van der Waals surface area contributed by atoms with Crippen LogP contribution in [0.3, 0.4) is 0 Å². The van der Waals surface area contributed by atoms with Crippen LogP contribution < -0.4 is 5.32 Å². The third kappa shape index (κ3) is 3.11. The van der Waals surface area contributed by atoms with Crippen LogP contribution in [0.2, 0.25) is 0 Å². The number of hydrogen-bond donors (Lipinski definition) is 1. The Morgan fingerprint density at radius 1 is 1.08 bits per heavy atom. The molecule has 3 aromatic rings. The standard InChI is InChI=1S/C21H22BrN3/c1-2-15-10-12-16(13-11-15)25-21-18(8-5-6-14-23-21)20(24-25)17-7-3-4-9-19(17)22/h3-4,7,9-13,23H,2,5-6,8,14H2,1H3. The number of rotatable bonds is 3. The van der Waals surface area contributed by atoms with Crippen LogP contribution in [0.1, 0.15) is 30.9 Å². The van der Waals surface area contributed by atoms with E-state index in [1.54, 1.807) is 0 Å². The smallest absolute Gasteiger partial charge is 0.133 e. The number of hydrogen-bond acceptors (Lipinski definition) is 2. The average molecular weight is 396 g/mol. The van der Waals surface area contributed by atoms with Crippen LogP contribution in [0.4, 0.5) is 5.82 Å². The molecule has 2 heterocycles. The number of nitrogens with one attached hydrogen (secondary N) is 1. The maximum Gasteiger partial charge on any atom is 0.133 e. The van der Waals surface area contributed by atoms with E-state index in [0.29, 0.717) is 0 Å². The molecule has 0 saturated heterocycles. The highest BCUT2D eigenvalue weighted by Crippen LogP contribution is 2.36. The molecule has 0 amide bonds. The van der Waals surface area contributed by atoms with Gasteiger partial charge in [0, 0.05) is 22.1 Å².